The fourth-order valence-electron chi connectivity index (χ4n) is 3.68. The lowest BCUT2D eigenvalue weighted by Gasteiger charge is -2.33. The average molecular weight is 380 g/mol. The van der Waals surface area contributed by atoms with Crippen molar-refractivity contribution in [3.63, 3.8) is 0 Å². The first-order chi connectivity index (χ1) is 13.6. The number of aliphatic hydroxyl groups is 1. The average Bonchev–Trinajstić information content (AvgIpc) is 2.74. The summed E-state index contributed by atoms with van der Waals surface area (Å²) in [5, 5.41) is 16.2. The molecule has 1 aliphatic rings. The Bertz CT molecular complexity index is 764. The summed E-state index contributed by atoms with van der Waals surface area (Å²) in [6.07, 6.45) is 2.82. The molecule has 28 heavy (non-hydrogen) atoms. The van der Waals surface area contributed by atoms with Crippen LogP contribution in [0, 0.1) is 5.92 Å². The van der Waals surface area contributed by atoms with Crippen molar-refractivity contribution in [2.75, 3.05) is 6.54 Å². The maximum atomic E-state index is 12.5. The van der Waals surface area contributed by atoms with Crippen LogP contribution in [0.4, 0.5) is 0 Å². The monoisotopic (exact) mass is 380 g/mol. The Morgan fingerprint density at radius 3 is 2.36 bits per heavy atom. The third kappa shape index (κ3) is 5.67. The van der Waals surface area contributed by atoms with Gasteiger partial charge in [0.1, 0.15) is 0 Å². The SMILES string of the molecule is O=C(N[C@@H]1C[C@@H](C(=O)NCCCc2ccccc2)CC[C@H]1O)c1ccccc1. The van der Waals surface area contributed by atoms with E-state index in [0.29, 0.717) is 31.4 Å². The van der Waals surface area contributed by atoms with Gasteiger partial charge in [-0.1, -0.05) is 48.5 Å². The molecule has 3 atom stereocenters. The van der Waals surface area contributed by atoms with E-state index in [4.69, 9.17) is 0 Å². The topological polar surface area (TPSA) is 78.4 Å². The number of hydrogen-bond acceptors (Lipinski definition) is 3. The molecular formula is C23H28N2O3. The highest BCUT2D eigenvalue weighted by atomic mass is 16.3. The standard InChI is InChI=1S/C23H28N2O3/c26-21-14-13-19(16-20(21)25-23(28)18-11-5-2-6-12-18)22(27)24-15-7-10-17-8-3-1-4-9-17/h1-6,8-9,11-12,19-21,26H,7,10,13-16H2,(H,24,27)(H,25,28)/t19-,20+,21+/m0/s1. The van der Waals surface area contributed by atoms with Crippen molar-refractivity contribution in [3.8, 4) is 0 Å². The van der Waals surface area contributed by atoms with Crippen LogP contribution in [0.15, 0.2) is 60.7 Å². The molecular weight excluding hydrogens is 352 g/mol. The largest absolute Gasteiger partial charge is 0.391 e. The highest BCUT2D eigenvalue weighted by Gasteiger charge is 2.33. The highest BCUT2D eigenvalue weighted by molar-refractivity contribution is 5.94. The Morgan fingerprint density at radius 1 is 0.964 bits per heavy atom. The number of aliphatic hydroxyl groups excluding tert-OH is 1. The Hall–Kier alpha value is -2.66. The van der Waals surface area contributed by atoms with Crippen LogP contribution in [0.2, 0.25) is 0 Å². The normalized spacial score (nSPS) is 21.7. The third-order valence-electron chi connectivity index (χ3n) is 5.32. The van der Waals surface area contributed by atoms with Gasteiger partial charge in [-0.3, -0.25) is 9.59 Å². The molecule has 148 valence electrons. The van der Waals surface area contributed by atoms with Gasteiger partial charge in [0.05, 0.1) is 12.1 Å². The van der Waals surface area contributed by atoms with E-state index >= 15 is 0 Å². The lowest BCUT2D eigenvalue weighted by atomic mass is 9.83. The number of rotatable bonds is 7. The molecule has 2 aromatic rings. The first-order valence-electron chi connectivity index (χ1n) is 9.99. The minimum absolute atomic E-state index is 0.0129. The van der Waals surface area contributed by atoms with Crippen LogP contribution < -0.4 is 10.6 Å². The zero-order valence-corrected chi connectivity index (χ0v) is 16.0. The summed E-state index contributed by atoms with van der Waals surface area (Å²) < 4.78 is 0. The first-order valence-corrected chi connectivity index (χ1v) is 9.99. The molecule has 0 aliphatic heterocycles. The van der Waals surface area contributed by atoms with Crippen LogP contribution in [0.5, 0.6) is 0 Å². The van der Waals surface area contributed by atoms with Crippen molar-refractivity contribution in [1.82, 2.24) is 10.6 Å². The second-order valence-electron chi connectivity index (χ2n) is 7.40. The second kappa shape index (κ2) is 10.0. The lowest BCUT2D eigenvalue weighted by molar-refractivity contribution is -0.127. The lowest BCUT2D eigenvalue weighted by Crippen LogP contribution is -2.49. The molecule has 0 heterocycles. The molecule has 5 heteroatoms. The van der Waals surface area contributed by atoms with E-state index < -0.39 is 12.1 Å². The Labute approximate surface area is 166 Å². The molecule has 3 rings (SSSR count). The van der Waals surface area contributed by atoms with E-state index in [1.165, 1.54) is 5.56 Å². The summed E-state index contributed by atoms with van der Waals surface area (Å²) in [7, 11) is 0. The molecule has 3 N–H and O–H groups in total. The van der Waals surface area contributed by atoms with Crippen molar-refractivity contribution >= 4 is 11.8 Å². The number of carbonyl (C=O) groups excluding carboxylic acids is 2. The molecule has 1 saturated carbocycles. The molecule has 2 aromatic carbocycles. The van der Waals surface area contributed by atoms with Gasteiger partial charge < -0.3 is 15.7 Å². The van der Waals surface area contributed by atoms with E-state index in [1.54, 1.807) is 24.3 Å². The van der Waals surface area contributed by atoms with Crippen LogP contribution in [-0.2, 0) is 11.2 Å². The van der Waals surface area contributed by atoms with Gasteiger partial charge in [0.15, 0.2) is 0 Å². The zero-order chi connectivity index (χ0) is 19.8. The summed E-state index contributed by atoms with van der Waals surface area (Å²) in [6.45, 7) is 0.633. The van der Waals surface area contributed by atoms with Gasteiger partial charge >= 0.3 is 0 Å². The molecule has 1 aliphatic carbocycles. The number of aryl methyl sites for hydroxylation is 1. The minimum Gasteiger partial charge on any atom is -0.391 e. The van der Waals surface area contributed by atoms with E-state index in [1.807, 2.05) is 24.3 Å². The van der Waals surface area contributed by atoms with E-state index in [0.717, 1.165) is 12.8 Å². The summed E-state index contributed by atoms with van der Waals surface area (Å²) in [4.78, 5) is 24.9. The molecule has 1 fully saturated rings. The third-order valence-corrected chi connectivity index (χ3v) is 5.32. The smallest absolute Gasteiger partial charge is 0.251 e. The number of benzene rings is 2. The van der Waals surface area contributed by atoms with Gasteiger partial charge in [0.2, 0.25) is 5.91 Å². The summed E-state index contributed by atoms with van der Waals surface area (Å²) in [6, 6.07) is 18.7. The quantitative estimate of drug-likeness (QED) is 0.646. The molecule has 0 unspecified atom stereocenters. The van der Waals surface area contributed by atoms with Crippen molar-refractivity contribution in [2.24, 2.45) is 5.92 Å². The minimum atomic E-state index is -0.616. The Balaban J connectivity index is 1.45. The zero-order valence-electron chi connectivity index (χ0n) is 16.0. The summed E-state index contributed by atoms with van der Waals surface area (Å²) >= 11 is 0. The maximum absolute atomic E-state index is 12.5. The maximum Gasteiger partial charge on any atom is 0.251 e. The fraction of sp³-hybridized carbons (Fsp3) is 0.391. The van der Waals surface area contributed by atoms with Crippen molar-refractivity contribution in [1.29, 1.82) is 0 Å². The van der Waals surface area contributed by atoms with Crippen molar-refractivity contribution in [3.05, 3.63) is 71.8 Å². The number of amides is 2. The predicted octanol–water partition coefficient (Wildman–Crippen LogP) is 2.70. The number of nitrogens with one attached hydrogen (secondary N) is 2. The second-order valence-corrected chi connectivity index (χ2v) is 7.40. The van der Waals surface area contributed by atoms with E-state index in [9.17, 15) is 14.7 Å². The molecule has 5 nitrogen and oxygen atoms in total. The van der Waals surface area contributed by atoms with Gasteiger partial charge in [-0.15, -0.1) is 0 Å². The van der Waals surface area contributed by atoms with Crippen molar-refractivity contribution in [2.45, 2.75) is 44.2 Å². The van der Waals surface area contributed by atoms with Gasteiger partial charge in [-0.25, -0.2) is 0 Å². The summed E-state index contributed by atoms with van der Waals surface area (Å²) in [5.74, 6) is -0.381. The van der Waals surface area contributed by atoms with Crippen LogP contribution in [-0.4, -0.2) is 35.6 Å². The van der Waals surface area contributed by atoms with Gasteiger partial charge in [-0.2, -0.15) is 0 Å². The van der Waals surface area contributed by atoms with Gasteiger partial charge in [0, 0.05) is 18.0 Å². The predicted molar refractivity (Wildman–Crippen MR) is 109 cm³/mol. The molecule has 0 saturated heterocycles. The van der Waals surface area contributed by atoms with Gasteiger partial charge in [0.25, 0.3) is 5.91 Å². The first kappa shape index (κ1) is 20.1. The van der Waals surface area contributed by atoms with E-state index in [-0.39, 0.29) is 17.7 Å². The number of carbonyl (C=O) groups is 2. The van der Waals surface area contributed by atoms with E-state index in [2.05, 4.69) is 22.8 Å². The van der Waals surface area contributed by atoms with Crippen LogP contribution in [0.1, 0.15) is 41.6 Å². The van der Waals surface area contributed by atoms with Crippen LogP contribution >= 0.6 is 0 Å². The fourth-order valence-corrected chi connectivity index (χ4v) is 3.68. The van der Waals surface area contributed by atoms with Crippen LogP contribution in [0.3, 0.4) is 0 Å². The van der Waals surface area contributed by atoms with Crippen molar-refractivity contribution < 1.29 is 14.7 Å². The van der Waals surface area contributed by atoms with Crippen LogP contribution in [0.25, 0.3) is 0 Å². The summed E-state index contributed by atoms with van der Waals surface area (Å²) in [5.41, 5.74) is 1.82. The molecule has 0 spiro atoms. The molecule has 0 radical (unpaired) electrons. The Kier molecular flexibility index (Phi) is 7.20. The molecule has 2 amide bonds. The number of hydrogen-bond donors (Lipinski definition) is 3. The Morgan fingerprint density at radius 2 is 1.64 bits per heavy atom. The molecule has 0 bridgehead atoms. The highest BCUT2D eigenvalue weighted by Crippen LogP contribution is 2.25. The van der Waals surface area contributed by atoms with Gasteiger partial charge in [-0.05, 0) is 49.8 Å². The molecule has 0 aromatic heterocycles.